The quantitative estimate of drug-likeness (QED) is 0.579. The van der Waals surface area contributed by atoms with Crippen LogP contribution in [0.4, 0.5) is 4.79 Å². The Kier molecular flexibility index (Phi) is 3.96. The van der Waals surface area contributed by atoms with E-state index in [1.54, 1.807) is 0 Å². The Hall–Kier alpha value is -1.43. The molecule has 2 heterocycles. The van der Waals surface area contributed by atoms with E-state index >= 15 is 0 Å². The van der Waals surface area contributed by atoms with Gasteiger partial charge in [0.05, 0.1) is 0 Å². The molecular weight excluding hydrogens is 234 g/mol. The molecule has 2 saturated heterocycles. The van der Waals surface area contributed by atoms with Crippen molar-refractivity contribution in [3.8, 4) is 0 Å². The van der Waals surface area contributed by atoms with Crippen LogP contribution in [0.25, 0.3) is 0 Å². The number of nitrogens with one attached hydrogen (secondary N) is 1. The normalized spacial score (nSPS) is 25.7. The van der Waals surface area contributed by atoms with Crippen LogP contribution in [0.15, 0.2) is 0 Å². The first-order valence-corrected chi connectivity index (χ1v) is 6.50. The lowest BCUT2D eigenvalue weighted by Crippen LogP contribution is -2.40. The summed E-state index contributed by atoms with van der Waals surface area (Å²) in [6.45, 7) is 4.47. The zero-order chi connectivity index (χ0) is 13.1. The topological polar surface area (TPSA) is 69.7 Å². The minimum atomic E-state index is -0.814. The molecule has 2 fully saturated rings. The second-order valence-electron chi connectivity index (χ2n) is 4.95. The molecule has 2 aliphatic heterocycles. The number of imide groups is 2. The van der Waals surface area contributed by atoms with E-state index in [0.717, 1.165) is 24.4 Å². The van der Waals surface area contributed by atoms with Crippen LogP contribution < -0.4 is 5.32 Å². The SMILES string of the molecule is CC1CCCCN1CCCN1C(=O)NC(=O)C1=O. The molecule has 1 atom stereocenters. The summed E-state index contributed by atoms with van der Waals surface area (Å²) in [5.74, 6) is -1.54. The van der Waals surface area contributed by atoms with Gasteiger partial charge >= 0.3 is 17.8 Å². The molecule has 0 bridgehead atoms. The van der Waals surface area contributed by atoms with Gasteiger partial charge in [-0.25, -0.2) is 4.79 Å². The van der Waals surface area contributed by atoms with E-state index in [-0.39, 0.29) is 0 Å². The van der Waals surface area contributed by atoms with E-state index in [9.17, 15) is 14.4 Å². The van der Waals surface area contributed by atoms with E-state index in [4.69, 9.17) is 0 Å². The van der Waals surface area contributed by atoms with Crippen LogP contribution in [0.3, 0.4) is 0 Å². The zero-order valence-corrected chi connectivity index (χ0v) is 10.6. The third-order valence-electron chi connectivity index (χ3n) is 3.67. The molecular formula is C12H19N3O3. The Morgan fingerprint density at radius 3 is 2.61 bits per heavy atom. The van der Waals surface area contributed by atoms with Crippen molar-refractivity contribution < 1.29 is 14.4 Å². The molecule has 0 aromatic carbocycles. The molecule has 0 aliphatic carbocycles. The summed E-state index contributed by atoms with van der Waals surface area (Å²) in [5, 5.41) is 2.00. The van der Waals surface area contributed by atoms with Gasteiger partial charge in [-0.1, -0.05) is 6.42 Å². The lowest BCUT2D eigenvalue weighted by molar-refractivity contribution is -0.140. The molecule has 4 amide bonds. The first-order chi connectivity index (χ1) is 8.59. The first-order valence-electron chi connectivity index (χ1n) is 6.50. The van der Waals surface area contributed by atoms with Crippen molar-refractivity contribution in [2.24, 2.45) is 0 Å². The maximum absolute atomic E-state index is 11.3. The largest absolute Gasteiger partial charge is 0.331 e. The summed E-state index contributed by atoms with van der Waals surface area (Å²) in [6, 6.07) is -0.0137. The van der Waals surface area contributed by atoms with Crippen LogP contribution >= 0.6 is 0 Å². The molecule has 0 radical (unpaired) electrons. The zero-order valence-electron chi connectivity index (χ0n) is 10.6. The molecule has 1 N–H and O–H groups in total. The smallest absolute Gasteiger partial charge is 0.301 e. The van der Waals surface area contributed by atoms with Gasteiger partial charge in [-0.2, -0.15) is 0 Å². The average molecular weight is 253 g/mol. The number of carbonyl (C=O) groups is 3. The second kappa shape index (κ2) is 5.48. The first kappa shape index (κ1) is 13.0. The summed E-state index contributed by atoms with van der Waals surface area (Å²) in [6.07, 6.45) is 4.42. The molecule has 0 aromatic heterocycles. The highest BCUT2D eigenvalue weighted by atomic mass is 16.2. The van der Waals surface area contributed by atoms with Crippen LogP contribution in [-0.4, -0.2) is 53.3 Å². The molecule has 1 unspecified atom stereocenters. The highest BCUT2D eigenvalue weighted by molar-refractivity contribution is 6.44. The molecule has 18 heavy (non-hydrogen) atoms. The van der Waals surface area contributed by atoms with Crippen molar-refractivity contribution in [1.29, 1.82) is 0 Å². The molecule has 100 valence electrons. The van der Waals surface area contributed by atoms with Crippen molar-refractivity contribution in [2.75, 3.05) is 19.6 Å². The summed E-state index contributed by atoms with van der Waals surface area (Å²) >= 11 is 0. The van der Waals surface area contributed by atoms with Crippen molar-refractivity contribution in [1.82, 2.24) is 15.1 Å². The monoisotopic (exact) mass is 253 g/mol. The summed E-state index contributed by atoms with van der Waals surface area (Å²) < 4.78 is 0. The fourth-order valence-electron chi connectivity index (χ4n) is 2.56. The van der Waals surface area contributed by atoms with Gasteiger partial charge < -0.3 is 4.90 Å². The van der Waals surface area contributed by atoms with Crippen LogP contribution in [-0.2, 0) is 9.59 Å². The standard InChI is InChI=1S/C12H19N3O3/c1-9-5-2-3-6-14(9)7-4-8-15-11(17)10(16)13-12(15)18/h9H,2-8H2,1H3,(H,13,16,18). The molecule has 0 saturated carbocycles. The Morgan fingerprint density at radius 1 is 1.22 bits per heavy atom. The van der Waals surface area contributed by atoms with E-state index in [0.29, 0.717) is 12.6 Å². The number of urea groups is 1. The number of hydrogen-bond donors (Lipinski definition) is 1. The highest BCUT2D eigenvalue weighted by Crippen LogP contribution is 2.16. The van der Waals surface area contributed by atoms with Crippen molar-refractivity contribution in [2.45, 2.75) is 38.6 Å². The number of amides is 4. The summed E-state index contributed by atoms with van der Waals surface area (Å²) in [4.78, 5) is 37.0. The lowest BCUT2D eigenvalue weighted by Gasteiger charge is -2.33. The lowest BCUT2D eigenvalue weighted by atomic mass is 10.0. The summed E-state index contributed by atoms with van der Waals surface area (Å²) in [5.41, 5.74) is 0. The van der Waals surface area contributed by atoms with Gasteiger partial charge in [0.2, 0.25) is 0 Å². The van der Waals surface area contributed by atoms with Gasteiger partial charge in [-0.15, -0.1) is 0 Å². The van der Waals surface area contributed by atoms with Crippen LogP contribution in [0, 0.1) is 0 Å². The third-order valence-corrected chi connectivity index (χ3v) is 3.67. The van der Waals surface area contributed by atoms with E-state index in [1.807, 2.05) is 5.32 Å². The average Bonchev–Trinajstić information content (AvgIpc) is 2.58. The van der Waals surface area contributed by atoms with E-state index < -0.39 is 17.8 Å². The van der Waals surface area contributed by atoms with E-state index in [2.05, 4.69) is 11.8 Å². The Bertz CT molecular complexity index is 370. The molecule has 6 nitrogen and oxygen atoms in total. The summed E-state index contributed by atoms with van der Waals surface area (Å²) in [7, 11) is 0. The molecule has 0 spiro atoms. The Morgan fingerprint density at radius 2 is 2.00 bits per heavy atom. The maximum atomic E-state index is 11.3. The molecule has 2 rings (SSSR count). The fourth-order valence-corrected chi connectivity index (χ4v) is 2.56. The fraction of sp³-hybridized carbons (Fsp3) is 0.750. The van der Waals surface area contributed by atoms with Crippen LogP contribution in [0.1, 0.15) is 32.6 Å². The van der Waals surface area contributed by atoms with Gasteiger partial charge in [0.25, 0.3) is 0 Å². The van der Waals surface area contributed by atoms with Gasteiger partial charge in [0.15, 0.2) is 0 Å². The minimum absolute atomic E-state index is 0.319. The van der Waals surface area contributed by atoms with Gasteiger partial charge in [0.1, 0.15) is 0 Å². The van der Waals surface area contributed by atoms with Gasteiger partial charge in [0, 0.05) is 19.1 Å². The van der Waals surface area contributed by atoms with Crippen molar-refractivity contribution in [3.05, 3.63) is 0 Å². The van der Waals surface area contributed by atoms with Crippen LogP contribution in [0.2, 0.25) is 0 Å². The second-order valence-corrected chi connectivity index (χ2v) is 4.95. The van der Waals surface area contributed by atoms with Gasteiger partial charge in [-0.3, -0.25) is 19.8 Å². The number of rotatable bonds is 4. The number of piperidine rings is 1. The third kappa shape index (κ3) is 2.69. The number of likely N-dealkylation sites (tertiary alicyclic amines) is 1. The van der Waals surface area contributed by atoms with Crippen molar-refractivity contribution >= 4 is 17.8 Å². The molecule has 6 heteroatoms. The van der Waals surface area contributed by atoms with Crippen molar-refractivity contribution in [3.63, 3.8) is 0 Å². The number of nitrogens with zero attached hydrogens (tertiary/aromatic N) is 2. The predicted octanol–water partition coefficient (Wildman–Crippen LogP) is 0.329. The Balaban J connectivity index is 1.76. The Labute approximate surface area is 106 Å². The van der Waals surface area contributed by atoms with Gasteiger partial charge in [-0.05, 0) is 32.7 Å². The molecule has 0 aromatic rings. The highest BCUT2D eigenvalue weighted by Gasteiger charge is 2.36. The predicted molar refractivity (Wildman–Crippen MR) is 64.8 cm³/mol. The van der Waals surface area contributed by atoms with E-state index in [1.165, 1.54) is 19.3 Å². The molecule has 2 aliphatic rings. The minimum Gasteiger partial charge on any atom is -0.301 e. The number of carbonyl (C=O) groups excluding carboxylic acids is 3. The van der Waals surface area contributed by atoms with Crippen LogP contribution in [0.5, 0.6) is 0 Å². The number of hydrogen-bond acceptors (Lipinski definition) is 4. The maximum Gasteiger partial charge on any atom is 0.331 e.